The minimum atomic E-state index is -0.560. The average Bonchev–Trinajstić information content (AvgIpc) is 1.90. The van der Waals surface area contributed by atoms with Crippen molar-refractivity contribution in [2.45, 2.75) is 0 Å². The predicted octanol–water partition coefficient (Wildman–Crippen LogP) is -1.27. The van der Waals surface area contributed by atoms with Crippen LogP contribution in [0.15, 0.2) is 0 Å². The molecule has 0 fully saturated rings. The van der Waals surface area contributed by atoms with E-state index < -0.39 is 11.9 Å². The van der Waals surface area contributed by atoms with Gasteiger partial charge >= 0.3 is 5.97 Å². The Morgan fingerprint density at radius 1 is 1.89 bits per heavy atom. The highest BCUT2D eigenvalue weighted by Crippen LogP contribution is 1.93. The monoisotopic (exact) mass is 133 g/mol. The van der Waals surface area contributed by atoms with Crippen LogP contribution in [0.3, 0.4) is 0 Å². The van der Waals surface area contributed by atoms with Crippen LogP contribution in [-0.2, 0) is 9.53 Å². The van der Waals surface area contributed by atoms with Crippen LogP contribution >= 0.6 is 0 Å². The maximum absolute atomic E-state index is 10.5. The Labute approximate surface area is 53.6 Å². The Balaban J connectivity index is 3.64. The van der Waals surface area contributed by atoms with E-state index in [-0.39, 0.29) is 13.2 Å². The lowest BCUT2D eigenvalue weighted by Crippen LogP contribution is -2.27. The number of nitrogens with two attached hydrogens (primary N) is 1. The third-order valence-corrected chi connectivity index (χ3v) is 1.04. The summed E-state index contributed by atoms with van der Waals surface area (Å²) in [6.07, 6.45) is 0. The first-order valence-electron chi connectivity index (χ1n) is 2.65. The van der Waals surface area contributed by atoms with Crippen molar-refractivity contribution < 1.29 is 14.6 Å². The molecule has 0 aromatic heterocycles. The highest BCUT2D eigenvalue weighted by Gasteiger charge is 2.14. The Morgan fingerprint density at radius 2 is 2.44 bits per heavy atom. The van der Waals surface area contributed by atoms with E-state index >= 15 is 0 Å². The molecule has 0 amide bonds. The Kier molecular flexibility index (Phi) is 4.00. The SMILES string of the molecule is COC(=O)C(CN)CO. The van der Waals surface area contributed by atoms with Crippen LogP contribution in [0.5, 0.6) is 0 Å². The molecule has 0 saturated carbocycles. The van der Waals surface area contributed by atoms with Crippen LogP contribution in [0.4, 0.5) is 0 Å². The summed E-state index contributed by atoms with van der Waals surface area (Å²) in [6.45, 7) is -0.119. The minimum absolute atomic E-state index is 0.128. The molecule has 0 spiro atoms. The summed E-state index contributed by atoms with van der Waals surface area (Å²) < 4.78 is 4.32. The first kappa shape index (κ1) is 8.39. The van der Waals surface area contributed by atoms with Crippen molar-refractivity contribution >= 4 is 5.97 Å². The van der Waals surface area contributed by atoms with Gasteiger partial charge in [-0.1, -0.05) is 0 Å². The van der Waals surface area contributed by atoms with Gasteiger partial charge < -0.3 is 15.6 Å². The van der Waals surface area contributed by atoms with E-state index in [1.165, 1.54) is 7.11 Å². The summed E-state index contributed by atoms with van der Waals surface area (Å²) in [5.74, 6) is -1.02. The Bertz CT molecular complexity index is 90.2. The molecule has 3 N–H and O–H groups in total. The van der Waals surface area contributed by atoms with Gasteiger partial charge in [-0.05, 0) is 0 Å². The number of aliphatic hydroxyl groups excluding tert-OH is 1. The average molecular weight is 133 g/mol. The molecule has 0 aliphatic rings. The smallest absolute Gasteiger partial charge is 0.312 e. The number of aliphatic hydroxyl groups is 1. The summed E-state index contributed by atoms with van der Waals surface area (Å²) in [6, 6.07) is 0. The van der Waals surface area contributed by atoms with Crippen LogP contribution in [0, 0.1) is 5.92 Å². The Hall–Kier alpha value is -0.610. The van der Waals surface area contributed by atoms with E-state index in [0.29, 0.717) is 0 Å². The fourth-order valence-corrected chi connectivity index (χ4v) is 0.412. The molecular formula is C5H11NO3. The maximum atomic E-state index is 10.5. The van der Waals surface area contributed by atoms with Gasteiger partial charge in [-0.3, -0.25) is 4.79 Å². The molecule has 1 atom stereocenters. The van der Waals surface area contributed by atoms with Crippen LogP contribution in [0.25, 0.3) is 0 Å². The molecular weight excluding hydrogens is 122 g/mol. The van der Waals surface area contributed by atoms with Crippen molar-refractivity contribution in [3.05, 3.63) is 0 Å². The molecule has 0 rings (SSSR count). The molecule has 0 aromatic carbocycles. The lowest BCUT2D eigenvalue weighted by Gasteiger charge is -2.06. The van der Waals surface area contributed by atoms with Gasteiger partial charge in [-0.15, -0.1) is 0 Å². The molecule has 4 heteroatoms. The highest BCUT2D eigenvalue weighted by atomic mass is 16.5. The van der Waals surface area contributed by atoms with E-state index in [0.717, 1.165) is 0 Å². The Morgan fingerprint density at radius 3 is 2.56 bits per heavy atom. The predicted molar refractivity (Wildman–Crippen MR) is 31.6 cm³/mol. The van der Waals surface area contributed by atoms with Gasteiger partial charge in [0.1, 0.15) is 0 Å². The molecule has 0 aromatic rings. The van der Waals surface area contributed by atoms with Crippen molar-refractivity contribution in [1.29, 1.82) is 0 Å². The van der Waals surface area contributed by atoms with Crippen LogP contribution in [-0.4, -0.2) is 31.3 Å². The molecule has 54 valence electrons. The second-order valence-electron chi connectivity index (χ2n) is 1.64. The topological polar surface area (TPSA) is 72.5 Å². The molecule has 0 radical (unpaired) electrons. The lowest BCUT2D eigenvalue weighted by molar-refractivity contribution is -0.146. The summed E-state index contributed by atoms with van der Waals surface area (Å²) in [5.41, 5.74) is 5.10. The zero-order chi connectivity index (χ0) is 7.28. The molecule has 0 heterocycles. The summed E-state index contributed by atoms with van der Waals surface area (Å²) in [4.78, 5) is 10.5. The summed E-state index contributed by atoms with van der Waals surface area (Å²) in [7, 11) is 1.26. The zero-order valence-corrected chi connectivity index (χ0v) is 5.33. The third-order valence-electron chi connectivity index (χ3n) is 1.04. The number of carbonyl (C=O) groups excluding carboxylic acids is 1. The standard InChI is InChI=1S/C5H11NO3/c1-9-5(8)4(2-6)3-7/h4,7H,2-3,6H2,1H3. The van der Waals surface area contributed by atoms with Crippen molar-refractivity contribution in [3.8, 4) is 0 Å². The number of methoxy groups -OCH3 is 1. The molecule has 4 nitrogen and oxygen atoms in total. The highest BCUT2D eigenvalue weighted by molar-refractivity contribution is 5.72. The molecule has 0 bridgehead atoms. The van der Waals surface area contributed by atoms with E-state index in [4.69, 9.17) is 10.8 Å². The second kappa shape index (κ2) is 4.29. The van der Waals surface area contributed by atoms with Crippen molar-refractivity contribution in [2.24, 2.45) is 11.7 Å². The summed E-state index contributed by atoms with van der Waals surface area (Å²) in [5, 5.41) is 8.45. The normalized spacial score (nSPS) is 12.8. The van der Waals surface area contributed by atoms with E-state index in [2.05, 4.69) is 4.74 Å². The molecule has 0 saturated heterocycles. The molecule has 9 heavy (non-hydrogen) atoms. The van der Waals surface area contributed by atoms with E-state index in [1.807, 2.05) is 0 Å². The molecule has 0 aliphatic heterocycles. The van der Waals surface area contributed by atoms with Gasteiger partial charge in [0, 0.05) is 6.54 Å². The molecule has 0 aliphatic carbocycles. The van der Waals surface area contributed by atoms with E-state index in [9.17, 15) is 4.79 Å². The van der Waals surface area contributed by atoms with Gasteiger partial charge in [-0.25, -0.2) is 0 Å². The third kappa shape index (κ3) is 2.43. The van der Waals surface area contributed by atoms with Gasteiger partial charge in [-0.2, -0.15) is 0 Å². The van der Waals surface area contributed by atoms with Crippen LogP contribution in [0.2, 0.25) is 0 Å². The summed E-state index contributed by atoms with van der Waals surface area (Å²) >= 11 is 0. The first-order chi connectivity index (χ1) is 4.26. The fraction of sp³-hybridized carbons (Fsp3) is 0.800. The minimum Gasteiger partial charge on any atom is -0.469 e. The van der Waals surface area contributed by atoms with Crippen molar-refractivity contribution in [3.63, 3.8) is 0 Å². The van der Waals surface area contributed by atoms with Gasteiger partial charge in [0.15, 0.2) is 0 Å². The number of carbonyl (C=O) groups is 1. The number of hydrogen-bond donors (Lipinski definition) is 2. The lowest BCUT2D eigenvalue weighted by atomic mass is 10.2. The van der Waals surface area contributed by atoms with Gasteiger partial charge in [0.2, 0.25) is 0 Å². The number of ether oxygens (including phenoxy) is 1. The first-order valence-corrected chi connectivity index (χ1v) is 2.65. The van der Waals surface area contributed by atoms with Gasteiger partial charge in [0.05, 0.1) is 19.6 Å². The van der Waals surface area contributed by atoms with Crippen LogP contribution < -0.4 is 5.73 Å². The quantitative estimate of drug-likeness (QED) is 0.471. The second-order valence-corrected chi connectivity index (χ2v) is 1.64. The van der Waals surface area contributed by atoms with Crippen molar-refractivity contribution in [2.75, 3.05) is 20.3 Å². The fourth-order valence-electron chi connectivity index (χ4n) is 0.412. The van der Waals surface area contributed by atoms with E-state index in [1.54, 1.807) is 0 Å². The number of hydrogen-bond acceptors (Lipinski definition) is 4. The van der Waals surface area contributed by atoms with Gasteiger partial charge in [0.25, 0.3) is 0 Å². The number of esters is 1. The van der Waals surface area contributed by atoms with Crippen molar-refractivity contribution in [1.82, 2.24) is 0 Å². The maximum Gasteiger partial charge on any atom is 0.312 e. The zero-order valence-electron chi connectivity index (χ0n) is 5.33. The molecule has 1 unspecified atom stereocenters. The van der Waals surface area contributed by atoms with Crippen LogP contribution in [0.1, 0.15) is 0 Å². The number of rotatable bonds is 3. The largest absolute Gasteiger partial charge is 0.469 e.